The monoisotopic (exact) mass is 321 g/mol. The van der Waals surface area contributed by atoms with E-state index in [1.54, 1.807) is 6.92 Å². The van der Waals surface area contributed by atoms with Crippen molar-refractivity contribution in [1.29, 1.82) is 0 Å². The van der Waals surface area contributed by atoms with Crippen LogP contribution in [-0.2, 0) is 10.0 Å². The molecule has 0 aliphatic rings. The summed E-state index contributed by atoms with van der Waals surface area (Å²) in [7, 11) is -3.34. The second-order valence-electron chi connectivity index (χ2n) is 4.27. The fraction of sp³-hybridized carbons (Fsp3) is 0.417. The van der Waals surface area contributed by atoms with Crippen LogP contribution < -0.4 is 15.4 Å². The maximum atomic E-state index is 13.6. The highest BCUT2D eigenvalue weighted by Gasteiger charge is 2.14. The zero-order valence-electron chi connectivity index (χ0n) is 11.7. The molecule has 0 saturated heterocycles. The lowest BCUT2D eigenvalue weighted by molar-refractivity contribution is 0.0953. The summed E-state index contributed by atoms with van der Waals surface area (Å²) in [5, 5.41) is 4.88. The molecule has 1 aromatic carbocycles. The molecule has 0 atom stereocenters. The molecular weight excluding hydrogens is 304 g/mol. The second-order valence-corrected chi connectivity index (χ2v) is 6.10. The summed E-state index contributed by atoms with van der Waals surface area (Å²) in [6.07, 6.45) is 0.985. The molecule has 0 unspecified atom stereocenters. The van der Waals surface area contributed by atoms with Gasteiger partial charge in [0.25, 0.3) is 5.91 Å². The molecule has 0 spiro atoms. The third-order valence-corrected chi connectivity index (χ3v) is 3.16. The van der Waals surface area contributed by atoms with E-state index in [1.165, 1.54) is 0 Å². The van der Waals surface area contributed by atoms with Gasteiger partial charge in [-0.05, 0) is 19.1 Å². The predicted molar refractivity (Wildman–Crippen MR) is 75.7 cm³/mol. The van der Waals surface area contributed by atoms with Crippen LogP contribution in [0.5, 0.6) is 0 Å². The van der Waals surface area contributed by atoms with Gasteiger partial charge in [0.2, 0.25) is 10.0 Å². The molecule has 0 aliphatic heterocycles. The molecule has 1 aromatic rings. The van der Waals surface area contributed by atoms with Crippen molar-refractivity contribution in [3.05, 3.63) is 29.3 Å². The van der Waals surface area contributed by atoms with Gasteiger partial charge in [-0.15, -0.1) is 0 Å². The van der Waals surface area contributed by atoms with Crippen molar-refractivity contribution in [2.24, 2.45) is 0 Å². The largest absolute Gasteiger partial charge is 0.381 e. The SMILES string of the molecule is CCNc1c(F)cc(C(=O)NCCNS(C)(=O)=O)cc1F. The van der Waals surface area contributed by atoms with Crippen LogP contribution in [0.1, 0.15) is 17.3 Å². The Morgan fingerprint density at radius 2 is 1.76 bits per heavy atom. The van der Waals surface area contributed by atoms with Crippen LogP contribution in [0.25, 0.3) is 0 Å². The summed E-state index contributed by atoms with van der Waals surface area (Å²) in [6, 6.07) is 1.83. The molecule has 21 heavy (non-hydrogen) atoms. The Morgan fingerprint density at radius 3 is 2.24 bits per heavy atom. The van der Waals surface area contributed by atoms with Crippen molar-refractivity contribution in [3.8, 4) is 0 Å². The molecule has 1 rings (SSSR count). The van der Waals surface area contributed by atoms with Crippen LogP contribution in [0.2, 0.25) is 0 Å². The van der Waals surface area contributed by atoms with E-state index < -0.39 is 27.6 Å². The number of rotatable bonds is 7. The van der Waals surface area contributed by atoms with Gasteiger partial charge in [-0.25, -0.2) is 21.9 Å². The standard InChI is InChI=1S/C12H17F2N3O3S/c1-3-15-11-9(13)6-8(7-10(11)14)12(18)16-4-5-17-21(2,19)20/h6-7,15,17H,3-5H2,1-2H3,(H,16,18). The minimum atomic E-state index is -3.34. The smallest absolute Gasteiger partial charge is 0.251 e. The maximum Gasteiger partial charge on any atom is 0.251 e. The van der Waals surface area contributed by atoms with Crippen LogP contribution in [0.15, 0.2) is 12.1 Å². The minimum Gasteiger partial charge on any atom is -0.381 e. The number of amides is 1. The van der Waals surface area contributed by atoms with Gasteiger partial charge in [0, 0.05) is 25.2 Å². The topological polar surface area (TPSA) is 87.3 Å². The van der Waals surface area contributed by atoms with E-state index >= 15 is 0 Å². The van der Waals surface area contributed by atoms with Gasteiger partial charge < -0.3 is 10.6 Å². The highest BCUT2D eigenvalue weighted by Crippen LogP contribution is 2.20. The summed E-state index contributed by atoms with van der Waals surface area (Å²) in [4.78, 5) is 11.7. The molecular formula is C12H17F2N3O3S. The van der Waals surface area contributed by atoms with Crippen molar-refractivity contribution in [2.75, 3.05) is 31.2 Å². The van der Waals surface area contributed by atoms with E-state index in [-0.39, 0.29) is 24.3 Å². The van der Waals surface area contributed by atoms with Crippen molar-refractivity contribution in [1.82, 2.24) is 10.0 Å². The highest BCUT2D eigenvalue weighted by molar-refractivity contribution is 7.88. The van der Waals surface area contributed by atoms with Gasteiger partial charge in [0.05, 0.1) is 6.26 Å². The van der Waals surface area contributed by atoms with E-state index in [9.17, 15) is 22.0 Å². The molecule has 0 saturated carbocycles. The molecule has 0 radical (unpaired) electrons. The lowest BCUT2D eigenvalue weighted by Gasteiger charge is -2.10. The maximum absolute atomic E-state index is 13.6. The number of sulfonamides is 1. The Hall–Kier alpha value is -1.74. The number of nitrogens with one attached hydrogen (secondary N) is 3. The average molecular weight is 321 g/mol. The highest BCUT2D eigenvalue weighted by atomic mass is 32.2. The molecule has 6 nitrogen and oxygen atoms in total. The first kappa shape index (κ1) is 17.3. The number of halogens is 2. The fourth-order valence-electron chi connectivity index (χ4n) is 1.56. The van der Waals surface area contributed by atoms with Gasteiger partial charge in [-0.1, -0.05) is 0 Å². The normalized spacial score (nSPS) is 11.2. The van der Waals surface area contributed by atoms with Crippen LogP contribution in [0.4, 0.5) is 14.5 Å². The number of hydrogen-bond acceptors (Lipinski definition) is 4. The summed E-state index contributed by atoms with van der Waals surface area (Å²) < 4.78 is 51.0. The third-order valence-electron chi connectivity index (χ3n) is 2.43. The quantitative estimate of drug-likeness (QED) is 0.644. The Kier molecular flexibility index (Phi) is 6.03. The average Bonchev–Trinajstić information content (AvgIpc) is 2.37. The number of carbonyl (C=O) groups is 1. The Labute approximate surface area is 122 Å². The van der Waals surface area contributed by atoms with Gasteiger partial charge >= 0.3 is 0 Å². The number of carbonyl (C=O) groups excluding carboxylic acids is 1. The molecule has 0 fully saturated rings. The van der Waals surface area contributed by atoms with Gasteiger partial charge in [-0.2, -0.15) is 0 Å². The van der Waals surface area contributed by atoms with Crippen molar-refractivity contribution in [3.63, 3.8) is 0 Å². The van der Waals surface area contributed by atoms with E-state index in [0.717, 1.165) is 18.4 Å². The third kappa shape index (κ3) is 5.64. The summed E-state index contributed by atoms with van der Waals surface area (Å²) in [6.45, 7) is 2.03. The van der Waals surface area contributed by atoms with E-state index in [1.807, 2.05) is 0 Å². The second kappa shape index (κ2) is 7.32. The molecule has 0 aliphatic carbocycles. The molecule has 3 N–H and O–H groups in total. The van der Waals surface area contributed by atoms with E-state index in [0.29, 0.717) is 6.54 Å². The van der Waals surface area contributed by atoms with Crippen LogP contribution in [0.3, 0.4) is 0 Å². The Bertz CT molecular complexity index is 597. The van der Waals surface area contributed by atoms with Crippen LogP contribution in [-0.4, -0.2) is 40.2 Å². The zero-order valence-corrected chi connectivity index (χ0v) is 12.5. The van der Waals surface area contributed by atoms with Crippen LogP contribution in [0, 0.1) is 11.6 Å². The molecule has 0 bridgehead atoms. The van der Waals surface area contributed by atoms with E-state index in [4.69, 9.17) is 0 Å². The first-order chi connectivity index (χ1) is 9.74. The van der Waals surface area contributed by atoms with Gasteiger partial charge in [-0.3, -0.25) is 4.79 Å². The van der Waals surface area contributed by atoms with Crippen molar-refractivity contribution < 1.29 is 22.0 Å². The predicted octanol–water partition coefficient (Wildman–Crippen LogP) is 0.676. The van der Waals surface area contributed by atoms with E-state index in [2.05, 4.69) is 15.4 Å². The molecule has 118 valence electrons. The first-order valence-electron chi connectivity index (χ1n) is 6.20. The summed E-state index contributed by atoms with van der Waals surface area (Å²) in [5.74, 6) is -2.42. The number of anilines is 1. The lowest BCUT2D eigenvalue weighted by atomic mass is 10.1. The fourth-order valence-corrected chi connectivity index (χ4v) is 2.04. The molecule has 1 amide bonds. The Balaban J connectivity index is 2.67. The number of benzene rings is 1. The minimum absolute atomic E-state index is 0.00407. The number of hydrogen-bond donors (Lipinski definition) is 3. The summed E-state index contributed by atoms with van der Waals surface area (Å²) in [5.41, 5.74) is -0.459. The molecule has 0 heterocycles. The Morgan fingerprint density at radius 1 is 1.19 bits per heavy atom. The zero-order chi connectivity index (χ0) is 16.0. The summed E-state index contributed by atoms with van der Waals surface area (Å²) >= 11 is 0. The lowest BCUT2D eigenvalue weighted by Crippen LogP contribution is -2.34. The molecule has 9 heteroatoms. The van der Waals surface area contributed by atoms with Gasteiger partial charge in [0.1, 0.15) is 17.3 Å². The van der Waals surface area contributed by atoms with Crippen LogP contribution >= 0.6 is 0 Å². The molecule has 0 aromatic heterocycles. The van der Waals surface area contributed by atoms with Gasteiger partial charge in [0.15, 0.2) is 0 Å². The van der Waals surface area contributed by atoms with Crippen molar-refractivity contribution >= 4 is 21.6 Å². The first-order valence-corrected chi connectivity index (χ1v) is 8.09. The van der Waals surface area contributed by atoms with Crippen molar-refractivity contribution in [2.45, 2.75) is 6.92 Å².